The molecule has 0 fully saturated rings. The Morgan fingerprint density at radius 1 is 1.38 bits per heavy atom. The number of nitrogens with one attached hydrogen (secondary N) is 2. The smallest absolute Gasteiger partial charge is 0.246 e. The van der Waals surface area contributed by atoms with Crippen LogP contribution in [0.15, 0.2) is 30.7 Å². The topological polar surface area (TPSA) is 94.0 Å². The Balaban J connectivity index is 1.82. The van der Waals surface area contributed by atoms with Gasteiger partial charge in [0.25, 0.3) is 0 Å². The first-order valence-corrected chi connectivity index (χ1v) is 7.48. The monoisotopic (exact) mass is 346 g/mol. The van der Waals surface area contributed by atoms with Crippen molar-refractivity contribution in [2.24, 2.45) is 0 Å². The summed E-state index contributed by atoms with van der Waals surface area (Å²) < 4.78 is 6.72. The molecule has 9 heteroatoms. The van der Waals surface area contributed by atoms with E-state index in [0.29, 0.717) is 27.9 Å². The number of hydrogen-bond acceptors (Lipinski definition) is 6. The van der Waals surface area contributed by atoms with Gasteiger partial charge in [-0.1, -0.05) is 11.6 Å². The zero-order valence-corrected chi connectivity index (χ0v) is 13.8. The second-order valence-corrected chi connectivity index (χ2v) is 5.34. The number of anilines is 2. The van der Waals surface area contributed by atoms with Gasteiger partial charge in [0, 0.05) is 12.1 Å². The van der Waals surface area contributed by atoms with Gasteiger partial charge in [0.2, 0.25) is 5.91 Å². The molecule has 0 saturated carbocycles. The van der Waals surface area contributed by atoms with Gasteiger partial charge in [0.05, 0.1) is 24.4 Å². The lowest BCUT2D eigenvalue weighted by Crippen LogP contribution is -2.20. The molecule has 0 aliphatic carbocycles. The van der Waals surface area contributed by atoms with Crippen molar-refractivity contribution in [3.63, 3.8) is 0 Å². The van der Waals surface area contributed by atoms with E-state index in [1.165, 1.54) is 18.1 Å². The lowest BCUT2D eigenvalue weighted by atomic mass is 10.3. The molecule has 0 aliphatic rings. The first-order chi connectivity index (χ1) is 11.6. The lowest BCUT2D eigenvalue weighted by molar-refractivity contribution is -0.116. The van der Waals surface area contributed by atoms with E-state index in [4.69, 9.17) is 16.3 Å². The van der Waals surface area contributed by atoms with Crippen LogP contribution in [0.2, 0.25) is 5.02 Å². The number of hydrogen-bond donors (Lipinski definition) is 2. The van der Waals surface area contributed by atoms with Crippen molar-refractivity contribution in [2.45, 2.75) is 6.54 Å². The predicted octanol–water partition coefficient (Wildman–Crippen LogP) is 2.17. The Morgan fingerprint density at radius 3 is 2.96 bits per heavy atom. The third-order valence-corrected chi connectivity index (χ3v) is 3.63. The summed E-state index contributed by atoms with van der Waals surface area (Å²) >= 11 is 5.96. The van der Waals surface area contributed by atoms with E-state index < -0.39 is 0 Å². The van der Waals surface area contributed by atoms with Crippen molar-refractivity contribution in [3.05, 3.63) is 35.7 Å². The highest BCUT2D eigenvalue weighted by molar-refractivity contribution is 6.31. The molecule has 2 N–H and O–H groups in total. The van der Waals surface area contributed by atoms with E-state index in [-0.39, 0.29) is 12.5 Å². The Hall–Kier alpha value is -2.87. The molecule has 2 aromatic heterocycles. The van der Waals surface area contributed by atoms with Gasteiger partial charge in [0.15, 0.2) is 5.65 Å². The molecule has 1 amide bonds. The van der Waals surface area contributed by atoms with E-state index in [1.54, 1.807) is 31.4 Å². The van der Waals surface area contributed by atoms with Crippen molar-refractivity contribution in [1.29, 1.82) is 0 Å². The SMILES string of the molecule is CNc1ncnc2c1cnn2CC(=O)Nc1cc(Cl)ccc1OC. The molecule has 3 aromatic rings. The maximum absolute atomic E-state index is 12.3. The van der Waals surface area contributed by atoms with Crippen molar-refractivity contribution in [1.82, 2.24) is 19.7 Å². The second kappa shape index (κ2) is 6.71. The number of rotatable bonds is 5. The molecule has 2 heterocycles. The lowest BCUT2D eigenvalue weighted by Gasteiger charge is -2.10. The summed E-state index contributed by atoms with van der Waals surface area (Å²) in [7, 11) is 3.29. The third kappa shape index (κ3) is 3.09. The number of aromatic nitrogens is 4. The van der Waals surface area contributed by atoms with Crippen LogP contribution in [0.3, 0.4) is 0 Å². The van der Waals surface area contributed by atoms with Crippen LogP contribution in [0.1, 0.15) is 0 Å². The molecule has 0 spiro atoms. The van der Waals surface area contributed by atoms with E-state index >= 15 is 0 Å². The summed E-state index contributed by atoms with van der Waals surface area (Å²) in [6, 6.07) is 5.00. The minimum atomic E-state index is -0.273. The van der Waals surface area contributed by atoms with E-state index in [9.17, 15) is 4.79 Å². The van der Waals surface area contributed by atoms with Crippen molar-refractivity contribution in [2.75, 3.05) is 24.8 Å². The van der Waals surface area contributed by atoms with Gasteiger partial charge in [-0.15, -0.1) is 0 Å². The number of carbonyl (C=O) groups excluding carboxylic acids is 1. The number of nitrogens with zero attached hydrogens (tertiary/aromatic N) is 4. The van der Waals surface area contributed by atoms with Crippen LogP contribution in [0.4, 0.5) is 11.5 Å². The molecule has 124 valence electrons. The van der Waals surface area contributed by atoms with Gasteiger partial charge in [0.1, 0.15) is 24.4 Å². The number of methoxy groups -OCH3 is 1. The molecule has 8 nitrogen and oxygen atoms in total. The molecule has 0 aliphatic heterocycles. The molecule has 0 bridgehead atoms. The maximum Gasteiger partial charge on any atom is 0.246 e. The second-order valence-electron chi connectivity index (χ2n) is 4.90. The zero-order valence-electron chi connectivity index (χ0n) is 13.1. The molecule has 0 saturated heterocycles. The Kier molecular flexibility index (Phi) is 4.48. The molecule has 24 heavy (non-hydrogen) atoms. The van der Waals surface area contributed by atoms with Crippen LogP contribution in [-0.2, 0) is 11.3 Å². The highest BCUT2D eigenvalue weighted by Gasteiger charge is 2.13. The normalized spacial score (nSPS) is 10.6. The van der Waals surface area contributed by atoms with Crippen LogP contribution >= 0.6 is 11.6 Å². The molecule has 3 rings (SSSR count). The fraction of sp³-hybridized carbons (Fsp3) is 0.200. The minimum Gasteiger partial charge on any atom is -0.495 e. The number of benzene rings is 1. The first-order valence-electron chi connectivity index (χ1n) is 7.10. The third-order valence-electron chi connectivity index (χ3n) is 3.40. The van der Waals surface area contributed by atoms with Crippen molar-refractivity contribution >= 4 is 40.0 Å². The largest absolute Gasteiger partial charge is 0.495 e. The molecule has 1 aromatic carbocycles. The molecule has 0 radical (unpaired) electrons. The number of ether oxygens (including phenoxy) is 1. The van der Waals surface area contributed by atoms with Crippen molar-refractivity contribution in [3.8, 4) is 5.75 Å². The number of amides is 1. The number of halogens is 1. The van der Waals surface area contributed by atoms with Crippen LogP contribution in [0, 0.1) is 0 Å². The average molecular weight is 347 g/mol. The van der Waals surface area contributed by atoms with E-state index in [0.717, 1.165) is 5.39 Å². The van der Waals surface area contributed by atoms with Crippen LogP contribution < -0.4 is 15.4 Å². The van der Waals surface area contributed by atoms with Crippen molar-refractivity contribution < 1.29 is 9.53 Å². The Morgan fingerprint density at radius 2 is 2.21 bits per heavy atom. The minimum absolute atomic E-state index is 0.000659. The quantitative estimate of drug-likeness (QED) is 0.735. The first kappa shape index (κ1) is 16.0. The van der Waals surface area contributed by atoms with Gasteiger partial charge in [-0.25, -0.2) is 14.6 Å². The standard InChI is InChI=1S/C15H15ClN6O2/c1-17-14-10-6-20-22(15(10)19-8-18-14)7-13(23)21-11-5-9(16)3-4-12(11)24-2/h3-6,8H,7H2,1-2H3,(H,21,23)(H,17,18,19). The summed E-state index contributed by atoms with van der Waals surface area (Å²) in [4.78, 5) is 20.6. The van der Waals surface area contributed by atoms with Gasteiger partial charge in [-0.05, 0) is 18.2 Å². The maximum atomic E-state index is 12.3. The van der Waals surface area contributed by atoms with Gasteiger partial charge in [-0.3, -0.25) is 4.79 Å². The van der Waals surface area contributed by atoms with Crippen LogP contribution in [0.5, 0.6) is 5.75 Å². The summed E-state index contributed by atoms with van der Waals surface area (Å²) in [5.74, 6) is 0.909. The zero-order chi connectivity index (χ0) is 17.1. The fourth-order valence-electron chi connectivity index (χ4n) is 2.31. The number of fused-ring (bicyclic) bond motifs is 1. The van der Waals surface area contributed by atoms with E-state index in [1.807, 2.05) is 0 Å². The average Bonchev–Trinajstić information content (AvgIpc) is 2.98. The van der Waals surface area contributed by atoms with Crippen LogP contribution in [0.25, 0.3) is 11.0 Å². The van der Waals surface area contributed by atoms with E-state index in [2.05, 4.69) is 25.7 Å². The van der Waals surface area contributed by atoms with Gasteiger partial charge in [-0.2, -0.15) is 5.10 Å². The number of carbonyl (C=O) groups is 1. The molecule has 0 atom stereocenters. The summed E-state index contributed by atoms with van der Waals surface area (Å²) in [5.41, 5.74) is 1.07. The summed E-state index contributed by atoms with van der Waals surface area (Å²) in [6.45, 7) is -0.000659. The molecule has 0 unspecified atom stereocenters. The van der Waals surface area contributed by atoms with Gasteiger partial charge < -0.3 is 15.4 Å². The van der Waals surface area contributed by atoms with Gasteiger partial charge >= 0.3 is 0 Å². The molecular weight excluding hydrogens is 332 g/mol. The Bertz CT molecular complexity index is 895. The molecular formula is C15H15ClN6O2. The predicted molar refractivity (Wildman–Crippen MR) is 91.5 cm³/mol. The highest BCUT2D eigenvalue weighted by Crippen LogP contribution is 2.27. The van der Waals surface area contributed by atoms with Crippen LogP contribution in [-0.4, -0.2) is 39.8 Å². The summed E-state index contributed by atoms with van der Waals surface area (Å²) in [6.07, 6.45) is 3.04. The fourth-order valence-corrected chi connectivity index (χ4v) is 2.48. The summed E-state index contributed by atoms with van der Waals surface area (Å²) in [5, 5.41) is 11.2. The Labute approximate surface area is 142 Å². The highest BCUT2D eigenvalue weighted by atomic mass is 35.5.